The molecule has 33 heavy (non-hydrogen) atoms. The first kappa shape index (κ1) is 22.7. The number of nitrogens with one attached hydrogen (secondary N) is 1. The maximum Gasteiger partial charge on any atom is 0.325 e. The number of anilines is 2. The molecule has 1 atom stereocenters. The van der Waals surface area contributed by atoms with E-state index >= 15 is 0 Å². The maximum absolute atomic E-state index is 13.4. The fraction of sp³-hybridized carbons (Fsp3) is 0.348. The Morgan fingerprint density at radius 2 is 1.88 bits per heavy atom. The Morgan fingerprint density at radius 1 is 1.18 bits per heavy atom. The number of nitrogens with two attached hydrogens (primary N) is 1. The standard InChI is InChI=1S/C23H25ClN4O5/c1-32-18-10-19(33-2)16(9-15(18)24)26-20(29)12-27-17-6-4-3-5-14(17)11-28(23(27)31)21(22(25)30)13-7-8-13/h3-6,9-10,13,21H,7-8,11-12H2,1-2H3,(H2,25,30)(H,26,29). The molecule has 174 valence electrons. The van der Waals surface area contributed by atoms with Gasteiger partial charge in [0, 0.05) is 6.07 Å². The predicted molar refractivity (Wildman–Crippen MR) is 124 cm³/mol. The van der Waals surface area contributed by atoms with Crippen molar-refractivity contribution < 1.29 is 23.9 Å². The highest BCUT2D eigenvalue weighted by atomic mass is 35.5. The van der Waals surface area contributed by atoms with Crippen molar-refractivity contribution in [3.63, 3.8) is 0 Å². The molecule has 0 radical (unpaired) electrons. The lowest BCUT2D eigenvalue weighted by molar-refractivity contribution is -0.123. The molecule has 1 heterocycles. The second-order valence-electron chi connectivity index (χ2n) is 8.05. The molecule has 4 amide bonds. The summed E-state index contributed by atoms with van der Waals surface area (Å²) in [6.45, 7) is -0.00552. The molecule has 1 unspecified atom stereocenters. The highest BCUT2D eigenvalue weighted by Crippen LogP contribution is 2.39. The zero-order valence-electron chi connectivity index (χ0n) is 18.3. The van der Waals surface area contributed by atoms with Gasteiger partial charge >= 0.3 is 6.03 Å². The van der Waals surface area contributed by atoms with Crippen LogP contribution in [-0.4, -0.2) is 49.6 Å². The first-order valence-corrected chi connectivity index (χ1v) is 10.9. The Bertz CT molecular complexity index is 1100. The first-order chi connectivity index (χ1) is 15.8. The Kier molecular flexibility index (Phi) is 6.33. The molecule has 1 aliphatic carbocycles. The minimum Gasteiger partial charge on any atom is -0.495 e. The molecular formula is C23H25ClN4O5. The molecule has 9 nitrogen and oxygen atoms in total. The minimum absolute atomic E-state index is 0.0538. The Hall–Kier alpha value is -3.46. The van der Waals surface area contributed by atoms with E-state index < -0.39 is 23.9 Å². The van der Waals surface area contributed by atoms with Crippen molar-refractivity contribution in [3.05, 3.63) is 47.0 Å². The van der Waals surface area contributed by atoms with Crippen molar-refractivity contribution in [1.29, 1.82) is 0 Å². The van der Waals surface area contributed by atoms with Crippen molar-refractivity contribution >= 4 is 40.8 Å². The van der Waals surface area contributed by atoms with E-state index in [9.17, 15) is 14.4 Å². The quantitative estimate of drug-likeness (QED) is 0.613. The van der Waals surface area contributed by atoms with Gasteiger partial charge in [-0.05, 0) is 36.5 Å². The smallest absolute Gasteiger partial charge is 0.325 e. The zero-order chi connectivity index (χ0) is 23.7. The van der Waals surface area contributed by atoms with E-state index in [4.69, 9.17) is 26.8 Å². The molecule has 0 bridgehead atoms. The number of hydrogen-bond donors (Lipinski definition) is 2. The summed E-state index contributed by atoms with van der Waals surface area (Å²) in [7, 11) is 2.94. The fourth-order valence-corrected chi connectivity index (χ4v) is 4.37. The van der Waals surface area contributed by atoms with E-state index in [2.05, 4.69) is 5.32 Å². The summed E-state index contributed by atoms with van der Waals surface area (Å²) in [6.07, 6.45) is 1.69. The molecule has 0 saturated heterocycles. The predicted octanol–water partition coefficient (Wildman–Crippen LogP) is 3.00. The van der Waals surface area contributed by atoms with Crippen LogP contribution in [0.3, 0.4) is 0 Å². The van der Waals surface area contributed by atoms with E-state index in [-0.39, 0.29) is 19.0 Å². The number of halogens is 1. The minimum atomic E-state index is -0.697. The van der Waals surface area contributed by atoms with Crippen LogP contribution in [0.5, 0.6) is 11.5 Å². The number of para-hydroxylation sites is 1. The fourth-order valence-electron chi connectivity index (χ4n) is 4.13. The lowest BCUT2D eigenvalue weighted by atomic mass is 10.0. The third kappa shape index (κ3) is 4.54. The summed E-state index contributed by atoms with van der Waals surface area (Å²) in [5.74, 6) is -0.175. The van der Waals surface area contributed by atoms with E-state index in [1.807, 2.05) is 12.1 Å². The van der Waals surface area contributed by atoms with Crippen LogP contribution in [0, 0.1) is 5.92 Å². The number of ether oxygens (including phenoxy) is 2. The molecule has 3 N–H and O–H groups in total. The molecule has 1 aliphatic heterocycles. The van der Waals surface area contributed by atoms with Crippen LogP contribution < -0.4 is 25.4 Å². The van der Waals surface area contributed by atoms with Crippen LogP contribution >= 0.6 is 11.6 Å². The first-order valence-electron chi connectivity index (χ1n) is 10.5. The van der Waals surface area contributed by atoms with Crippen LogP contribution in [0.2, 0.25) is 5.02 Å². The number of carbonyl (C=O) groups excluding carboxylic acids is 3. The number of nitrogens with zero attached hydrogens (tertiary/aromatic N) is 2. The highest BCUT2D eigenvalue weighted by molar-refractivity contribution is 6.32. The van der Waals surface area contributed by atoms with Gasteiger partial charge < -0.3 is 25.4 Å². The number of benzene rings is 2. The van der Waals surface area contributed by atoms with Crippen LogP contribution in [0.4, 0.5) is 16.2 Å². The zero-order valence-corrected chi connectivity index (χ0v) is 19.1. The van der Waals surface area contributed by atoms with Gasteiger partial charge in [0.25, 0.3) is 0 Å². The van der Waals surface area contributed by atoms with E-state index in [1.54, 1.807) is 18.2 Å². The molecule has 10 heteroatoms. The van der Waals surface area contributed by atoms with E-state index in [0.717, 1.165) is 18.4 Å². The molecule has 2 aromatic carbocycles. The third-order valence-electron chi connectivity index (χ3n) is 5.85. The molecule has 4 rings (SSSR count). The van der Waals surface area contributed by atoms with Crippen molar-refractivity contribution in [2.75, 3.05) is 31.0 Å². The Morgan fingerprint density at radius 3 is 2.52 bits per heavy atom. The van der Waals surface area contributed by atoms with Gasteiger partial charge in [-0.3, -0.25) is 14.5 Å². The third-order valence-corrected chi connectivity index (χ3v) is 6.14. The van der Waals surface area contributed by atoms with Crippen LogP contribution in [0.15, 0.2) is 36.4 Å². The summed E-state index contributed by atoms with van der Waals surface area (Å²) in [5, 5.41) is 3.05. The van der Waals surface area contributed by atoms with Gasteiger partial charge in [0.15, 0.2) is 0 Å². The molecule has 0 aromatic heterocycles. The van der Waals surface area contributed by atoms with Crippen LogP contribution in [-0.2, 0) is 16.1 Å². The van der Waals surface area contributed by atoms with Crippen molar-refractivity contribution in [2.45, 2.75) is 25.4 Å². The number of amides is 4. The number of rotatable bonds is 8. The van der Waals surface area contributed by atoms with E-state index in [1.165, 1.54) is 30.1 Å². The number of urea groups is 1. The summed E-state index contributed by atoms with van der Waals surface area (Å²) in [5.41, 5.74) is 7.44. The molecule has 2 aromatic rings. The second-order valence-corrected chi connectivity index (χ2v) is 8.45. The molecule has 0 spiro atoms. The SMILES string of the molecule is COc1cc(OC)c(NC(=O)CN2C(=O)N(C(C(N)=O)C3CC3)Cc3ccccc32)cc1Cl. The van der Waals surface area contributed by atoms with Gasteiger partial charge in [-0.15, -0.1) is 0 Å². The molecule has 1 saturated carbocycles. The topological polar surface area (TPSA) is 114 Å². The number of primary amides is 1. The molecule has 1 fully saturated rings. The van der Waals surface area contributed by atoms with Crippen molar-refractivity contribution in [3.8, 4) is 11.5 Å². The number of methoxy groups -OCH3 is 2. The monoisotopic (exact) mass is 472 g/mol. The van der Waals surface area contributed by atoms with Crippen LogP contribution in [0.25, 0.3) is 0 Å². The van der Waals surface area contributed by atoms with Gasteiger partial charge in [0.05, 0.1) is 37.2 Å². The van der Waals surface area contributed by atoms with Crippen molar-refractivity contribution in [2.24, 2.45) is 11.7 Å². The Balaban J connectivity index is 1.60. The molecular weight excluding hydrogens is 448 g/mol. The lowest BCUT2D eigenvalue weighted by Crippen LogP contribution is -2.57. The summed E-state index contributed by atoms with van der Waals surface area (Å²) >= 11 is 6.20. The normalized spacial score (nSPS) is 16.2. The summed E-state index contributed by atoms with van der Waals surface area (Å²) in [4.78, 5) is 41.4. The maximum atomic E-state index is 13.4. The largest absolute Gasteiger partial charge is 0.495 e. The van der Waals surface area contributed by atoms with E-state index in [0.29, 0.717) is 27.9 Å². The van der Waals surface area contributed by atoms with Gasteiger partial charge in [0.2, 0.25) is 11.8 Å². The van der Waals surface area contributed by atoms with Crippen molar-refractivity contribution in [1.82, 2.24) is 4.90 Å². The number of carbonyl (C=O) groups is 3. The average molecular weight is 473 g/mol. The van der Waals surface area contributed by atoms with Gasteiger partial charge in [0.1, 0.15) is 24.1 Å². The highest BCUT2D eigenvalue weighted by Gasteiger charge is 2.44. The second kappa shape index (κ2) is 9.19. The Labute approximate surface area is 196 Å². The van der Waals surface area contributed by atoms with Gasteiger partial charge in [-0.25, -0.2) is 4.79 Å². The summed E-state index contributed by atoms with van der Waals surface area (Å²) < 4.78 is 10.5. The van der Waals surface area contributed by atoms with Gasteiger partial charge in [-0.1, -0.05) is 29.8 Å². The lowest BCUT2D eigenvalue weighted by Gasteiger charge is -2.40. The summed E-state index contributed by atoms with van der Waals surface area (Å²) in [6, 6.07) is 9.25. The van der Waals surface area contributed by atoms with Gasteiger partial charge in [-0.2, -0.15) is 0 Å². The number of hydrogen-bond acceptors (Lipinski definition) is 5. The molecule has 2 aliphatic rings. The van der Waals surface area contributed by atoms with Crippen LogP contribution in [0.1, 0.15) is 18.4 Å². The average Bonchev–Trinajstić information content (AvgIpc) is 3.61. The number of fused-ring (bicyclic) bond motifs is 1.